The third-order valence-corrected chi connectivity index (χ3v) is 1.90. The molecule has 54 valence electrons. The number of aliphatic hydroxyl groups is 1. The van der Waals surface area contributed by atoms with Crippen molar-refractivity contribution in [2.24, 2.45) is 0 Å². The number of alkyl halides is 1. The van der Waals surface area contributed by atoms with Crippen LogP contribution in [-0.2, 0) is 0 Å². The molecular weight excluding hydrogens is 121 g/mol. The number of aliphatic hydroxyl groups excluding tert-OH is 1. The van der Waals surface area contributed by atoms with E-state index in [2.05, 4.69) is 5.32 Å². The van der Waals surface area contributed by atoms with E-state index in [0.29, 0.717) is 6.42 Å². The first-order chi connectivity index (χ1) is 4.25. The first-order valence-electron chi connectivity index (χ1n) is 3.25. The van der Waals surface area contributed by atoms with Gasteiger partial charge in [0.1, 0.15) is 6.17 Å². The smallest absolute Gasteiger partial charge is 0.141 e. The van der Waals surface area contributed by atoms with Gasteiger partial charge in [-0.05, 0) is 19.9 Å². The minimum atomic E-state index is -1.06. The van der Waals surface area contributed by atoms with Crippen LogP contribution in [0.5, 0.6) is 0 Å². The van der Waals surface area contributed by atoms with E-state index < -0.39 is 12.3 Å². The molecule has 0 aromatic heterocycles. The number of hydrogen-bond acceptors (Lipinski definition) is 2. The summed E-state index contributed by atoms with van der Waals surface area (Å²) < 4.78 is 12.7. The van der Waals surface area contributed by atoms with Gasteiger partial charge in [-0.15, -0.1) is 0 Å². The van der Waals surface area contributed by atoms with Crippen LogP contribution in [0.4, 0.5) is 4.39 Å². The summed E-state index contributed by atoms with van der Waals surface area (Å²) in [5, 5.41) is 11.7. The summed E-state index contributed by atoms with van der Waals surface area (Å²) in [4.78, 5) is 0. The summed E-state index contributed by atoms with van der Waals surface area (Å²) in [6.07, 6.45) is -0.455. The van der Waals surface area contributed by atoms with Gasteiger partial charge in [-0.25, -0.2) is 4.39 Å². The highest BCUT2D eigenvalue weighted by atomic mass is 19.1. The van der Waals surface area contributed by atoms with Gasteiger partial charge in [-0.2, -0.15) is 0 Å². The Morgan fingerprint density at radius 3 is 2.44 bits per heavy atom. The maximum Gasteiger partial charge on any atom is 0.141 e. The second-order valence-electron chi connectivity index (χ2n) is 2.48. The van der Waals surface area contributed by atoms with E-state index in [0.717, 1.165) is 6.42 Å². The fourth-order valence-electron chi connectivity index (χ4n) is 1.24. The molecule has 0 saturated heterocycles. The molecule has 3 atom stereocenters. The van der Waals surface area contributed by atoms with Crippen LogP contribution in [0.2, 0.25) is 0 Å². The quantitative estimate of drug-likeness (QED) is 0.530. The molecule has 0 aromatic carbocycles. The molecule has 1 rings (SSSR count). The number of hydrogen-bond donors (Lipinski definition) is 2. The predicted octanol–water partition coefficient (Wildman–Crippen LogP) is 0.0672. The molecule has 0 aromatic rings. The minimum absolute atomic E-state index is 0.125. The molecule has 3 unspecified atom stereocenters. The second kappa shape index (κ2) is 2.62. The molecule has 0 heterocycles. The first kappa shape index (κ1) is 6.96. The normalized spacial score (nSPS) is 43.7. The zero-order valence-corrected chi connectivity index (χ0v) is 5.47. The van der Waals surface area contributed by atoms with Gasteiger partial charge in [-0.1, -0.05) is 0 Å². The molecule has 1 aliphatic rings. The number of nitrogens with one attached hydrogen (secondary N) is 1. The lowest BCUT2D eigenvalue weighted by molar-refractivity contribution is 0.0929. The minimum Gasteiger partial charge on any atom is -0.390 e. The lowest BCUT2D eigenvalue weighted by atomic mass is 10.2. The fourth-order valence-corrected chi connectivity index (χ4v) is 1.24. The van der Waals surface area contributed by atoms with Crippen molar-refractivity contribution in [3.8, 4) is 0 Å². The maximum absolute atomic E-state index is 12.7. The molecule has 1 aliphatic carbocycles. The first-order valence-corrected chi connectivity index (χ1v) is 3.25. The van der Waals surface area contributed by atoms with Crippen LogP contribution in [0.1, 0.15) is 12.8 Å². The van der Waals surface area contributed by atoms with Crippen LogP contribution in [0, 0.1) is 0 Å². The Balaban J connectivity index is 2.41. The molecule has 3 heteroatoms. The lowest BCUT2D eigenvalue weighted by Gasteiger charge is -2.11. The summed E-state index contributed by atoms with van der Waals surface area (Å²) in [6, 6.07) is -0.125. The van der Waals surface area contributed by atoms with Gasteiger partial charge in [0.2, 0.25) is 0 Å². The monoisotopic (exact) mass is 133 g/mol. The van der Waals surface area contributed by atoms with Gasteiger partial charge < -0.3 is 10.4 Å². The predicted molar refractivity (Wildman–Crippen MR) is 33.0 cm³/mol. The highest BCUT2D eigenvalue weighted by Gasteiger charge is 2.33. The molecule has 0 spiro atoms. The average molecular weight is 133 g/mol. The standard InChI is InChI=1S/C6H12FNO/c1-8-4-2-3-5(9)6(4)7/h4-6,8-9H,2-3H2,1H3. The Morgan fingerprint density at radius 2 is 2.22 bits per heavy atom. The van der Waals surface area contributed by atoms with Crippen molar-refractivity contribution in [2.45, 2.75) is 31.2 Å². The Kier molecular flexibility index (Phi) is 2.03. The largest absolute Gasteiger partial charge is 0.390 e. The highest BCUT2D eigenvalue weighted by molar-refractivity contribution is 4.88. The van der Waals surface area contributed by atoms with Crippen molar-refractivity contribution in [1.29, 1.82) is 0 Å². The summed E-state index contributed by atoms with van der Waals surface area (Å²) in [7, 11) is 1.72. The van der Waals surface area contributed by atoms with E-state index in [1.54, 1.807) is 7.05 Å². The molecule has 0 amide bonds. The van der Waals surface area contributed by atoms with Crippen LogP contribution < -0.4 is 5.32 Å². The highest BCUT2D eigenvalue weighted by Crippen LogP contribution is 2.21. The van der Waals surface area contributed by atoms with E-state index in [4.69, 9.17) is 5.11 Å². The van der Waals surface area contributed by atoms with Crippen LogP contribution >= 0.6 is 0 Å². The second-order valence-corrected chi connectivity index (χ2v) is 2.48. The molecule has 1 fully saturated rings. The van der Waals surface area contributed by atoms with E-state index >= 15 is 0 Å². The van der Waals surface area contributed by atoms with Crippen molar-refractivity contribution in [3.05, 3.63) is 0 Å². The number of halogens is 1. The third kappa shape index (κ3) is 1.22. The zero-order valence-electron chi connectivity index (χ0n) is 5.47. The van der Waals surface area contributed by atoms with Gasteiger partial charge in [-0.3, -0.25) is 0 Å². The van der Waals surface area contributed by atoms with Gasteiger partial charge in [0.15, 0.2) is 0 Å². The number of rotatable bonds is 1. The summed E-state index contributed by atoms with van der Waals surface area (Å²) >= 11 is 0. The molecule has 2 N–H and O–H groups in total. The van der Waals surface area contributed by atoms with Gasteiger partial charge in [0.25, 0.3) is 0 Å². The summed E-state index contributed by atoms with van der Waals surface area (Å²) in [5.74, 6) is 0. The topological polar surface area (TPSA) is 32.3 Å². The van der Waals surface area contributed by atoms with Crippen molar-refractivity contribution >= 4 is 0 Å². The summed E-state index contributed by atoms with van der Waals surface area (Å²) in [6.45, 7) is 0. The lowest BCUT2D eigenvalue weighted by Crippen LogP contribution is -2.34. The zero-order chi connectivity index (χ0) is 6.85. The van der Waals surface area contributed by atoms with E-state index in [-0.39, 0.29) is 6.04 Å². The fraction of sp³-hybridized carbons (Fsp3) is 1.00. The Hall–Kier alpha value is -0.150. The maximum atomic E-state index is 12.7. The Labute approximate surface area is 54.1 Å². The Morgan fingerprint density at radius 1 is 1.56 bits per heavy atom. The van der Waals surface area contributed by atoms with E-state index in [1.807, 2.05) is 0 Å². The third-order valence-electron chi connectivity index (χ3n) is 1.90. The molecule has 0 radical (unpaired) electrons. The van der Waals surface area contributed by atoms with Crippen molar-refractivity contribution in [1.82, 2.24) is 5.32 Å². The van der Waals surface area contributed by atoms with E-state index in [1.165, 1.54) is 0 Å². The Bertz CT molecular complexity index is 99.1. The van der Waals surface area contributed by atoms with Crippen LogP contribution in [0.15, 0.2) is 0 Å². The van der Waals surface area contributed by atoms with Crippen LogP contribution in [0.3, 0.4) is 0 Å². The van der Waals surface area contributed by atoms with Crippen LogP contribution in [0.25, 0.3) is 0 Å². The molecule has 0 aliphatic heterocycles. The van der Waals surface area contributed by atoms with Crippen molar-refractivity contribution < 1.29 is 9.50 Å². The van der Waals surface area contributed by atoms with Crippen LogP contribution in [-0.4, -0.2) is 30.5 Å². The van der Waals surface area contributed by atoms with Crippen molar-refractivity contribution in [3.63, 3.8) is 0 Å². The molecular formula is C6H12FNO. The SMILES string of the molecule is CNC1CCC(O)C1F. The molecule has 9 heavy (non-hydrogen) atoms. The van der Waals surface area contributed by atoms with Gasteiger partial charge in [0, 0.05) is 6.04 Å². The van der Waals surface area contributed by atoms with Crippen molar-refractivity contribution in [2.75, 3.05) is 7.05 Å². The van der Waals surface area contributed by atoms with E-state index in [9.17, 15) is 4.39 Å². The average Bonchev–Trinajstić information content (AvgIpc) is 2.15. The summed E-state index contributed by atoms with van der Waals surface area (Å²) in [5.41, 5.74) is 0. The molecule has 0 bridgehead atoms. The molecule has 1 saturated carbocycles. The molecule has 2 nitrogen and oxygen atoms in total. The van der Waals surface area contributed by atoms with Gasteiger partial charge >= 0.3 is 0 Å². The van der Waals surface area contributed by atoms with Gasteiger partial charge in [0.05, 0.1) is 6.10 Å².